The smallest absolute Gasteiger partial charge is 0.191 e. The molecule has 0 amide bonds. The normalized spacial score (nSPS) is 12.1. The lowest BCUT2D eigenvalue weighted by molar-refractivity contribution is 0.265. The van der Waals surface area contributed by atoms with Crippen molar-refractivity contribution >= 4 is 17.3 Å². The maximum atomic E-state index is 4.79. The van der Waals surface area contributed by atoms with Gasteiger partial charge in [-0.15, -0.1) is 11.3 Å². The van der Waals surface area contributed by atoms with Crippen LogP contribution >= 0.6 is 11.3 Å². The first-order valence-corrected chi connectivity index (χ1v) is 10.4. The largest absolute Gasteiger partial charge is 0.357 e. The van der Waals surface area contributed by atoms with E-state index in [4.69, 9.17) is 4.99 Å². The highest BCUT2D eigenvalue weighted by molar-refractivity contribution is 7.11. The lowest BCUT2D eigenvalue weighted by atomic mass is 10.1. The number of aliphatic imine (C=N–C) groups is 1. The van der Waals surface area contributed by atoms with Crippen LogP contribution in [0.5, 0.6) is 0 Å². The van der Waals surface area contributed by atoms with Crippen molar-refractivity contribution in [3.63, 3.8) is 0 Å². The van der Waals surface area contributed by atoms with E-state index in [-0.39, 0.29) is 0 Å². The van der Waals surface area contributed by atoms with Gasteiger partial charge < -0.3 is 10.6 Å². The first-order valence-electron chi connectivity index (χ1n) is 9.62. The van der Waals surface area contributed by atoms with Crippen LogP contribution in [-0.2, 0) is 19.6 Å². The van der Waals surface area contributed by atoms with E-state index in [0.29, 0.717) is 19.1 Å². The van der Waals surface area contributed by atoms with Gasteiger partial charge in [0, 0.05) is 24.0 Å². The SMILES string of the molecule is CCNC(=NCc1ccccc1CN(C)C(C)C)NCc1nc(C)c(C)s1. The number of nitrogens with zero attached hydrogens (tertiary/aromatic N) is 3. The number of rotatable bonds is 8. The van der Waals surface area contributed by atoms with Crippen LogP contribution < -0.4 is 10.6 Å². The minimum absolute atomic E-state index is 0.519. The highest BCUT2D eigenvalue weighted by Crippen LogP contribution is 2.16. The second kappa shape index (κ2) is 10.4. The number of guanidine groups is 1. The van der Waals surface area contributed by atoms with Crippen LogP contribution in [0.15, 0.2) is 29.3 Å². The topological polar surface area (TPSA) is 52.6 Å². The van der Waals surface area contributed by atoms with E-state index < -0.39 is 0 Å². The number of aryl methyl sites for hydroxylation is 2. The number of nitrogens with one attached hydrogen (secondary N) is 2. The molecule has 0 radical (unpaired) electrons. The van der Waals surface area contributed by atoms with Crippen LogP contribution in [0.25, 0.3) is 0 Å². The van der Waals surface area contributed by atoms with Crippen LogP contribution in [0, 0.1) is 13.8 Å². The minimum Gasteiger partial charge on any atom is -0.357 e. The lowest BCUT2D eigenvalue weighted by Crippen LogP contribution is -2.36. The molecule has 0 atom stereocenters. The van der Waals surface area contributed by atoms with Gasteiger partial charge in [0.25, 0.3) is 0 Å². The molecule has 0 spiro atoms. The predicted molar refractivity (Wildman–Crippen MR) is 116 cm³/mol. The lowest BCUT2D eigenvalue weighted by Gasteiger charge is -2.22. The summed E-state index contributed by atoms with van der Waals surface area (Å²) in [6.07, 6.45) is 0. The van der Waals surface area contributed by atoms with E-state index >= 15 is 0 Å². The highest BCUT2D eigenvalue weighted by atomic mass is 32.1. The standard InChI is InChI=1S/C21H33N5S/c1-7-22-21(24-13-20-25-16(4)17(5)27-20)23-12-18-10-8-9-11-19(18)14-26(6)15(2)3/h8-11,15H,7,12-14H2,1-6H3,(H2,22,23,24). The van der Waals surface area contributed by atoms with Crippen molar-refractivity contribution in [1.29, 1.82) is 0 Å². The van der Waals surface area contributed by atoms with E-state index in [1.807, 2.05) is 0 Å². The number of hydrogen-bond donors (Lipinski definition) is 2. The Hall–Kier alpha value is -1.92. The summed E-state index contributed by atoms with van der Waals surface area (Å²) in [5.41, 5.74) is 3.71. The summed E-state index contributed by atoms with van der Waals surface area (Å²) >= 11 is 1.74. The van der Waals surface area contributed by atoms with Gasteiger partial charge in [0.2, 0.25) is 0 Å². The molecule has 0 saturated heterocycles. The second-order valence-corrected chi connectivity index (χ2v) is 8.36. The molecular weight excluding hydrogens is 354 g/mol. The van der Waals surface area contributed by atoms with E-state index in [2.05, 4.69) is 86.4 Å². The summed E-state index contributed by atoms with van der Waals surface area (Å²) in [5, 5.41) is 7.82. The quantitative estimate of drug-likeness (QED) is 0.533. The van der Waals surface area contributed by atoms with Crippen LogP contribution in [0.3, 0.4) is 0 Å². The second-order valence-electron chi connectivity index (χ2n) is 7.08. The molecule has 0 unspecified atom stereocenters. The number of aromatic nitrogens is 1. The Morgan fingerprint density at radius 3 is 2.48 bits per heavy atom. The van der Waals surface area contributed by atoms with Gasteiger partial charge in [0.15, 0.2) is 5.96 Å². The third-order valence-corrected chi connectivity index (χ3v) is 5.72. The van der Waals surface area contributed by atoms with Crippen molar-refractivity contribution in [1.82, 2.24) is 20.5 Å². The molecule has 148 valence electrons. The zero-order valence-electron chi connectivity index (χ0n) is 17.5. The molecule has 0 aliphatic carbocycles. The summed E-state index contributed by atoms with van der Waals surface area (Å²) in [4.78, 5) is 13.0. The molecule has 1 heterocycles. The third-order valence-electron chi connectivity index (χ3n) is 4.65. The van der Waals surface area contributed by atoms with Crippen molar-refractivity contribution in [3.8, 4) is 0 Å². The Morgan fingerprint density at radius 1 is 1.19 bits per heavy atom. The van der Waals surface area contributed by atoms with Crippen molar-refractivity contribution in [2.75, 3.05) is 13.6 Å². The molecule has 0 bridgehead atoms. The molecule has 27 heavy (non-hydrogen) atoms. The molecule has 0 aliphatic rings. The maximum absolute atomic E-state index is 4.79. The summed E-state index contributed by atoms with van der Waals surface area (Å²) in [5.74, 6) is 0.829. The molecule has 2 N–H and O–H groups in total. The Labute approximate surface area is 167 Å². The van der Waals surface area contributed by atoms with Gasteiger partial charge in [0.05, 0.1) is 18.8 Å². The average Bonchev–Trinajstić information content (AvgIpc) is 2.96. The van der Waals surface area contributed by atoms with E-state index in [1.54, 1.807) is 11.3 Å². The molecule has 1 aromatic heterocycles. The summed E-state index contributed by atoms with van der Waals surface area (Å²) < 4.78 is 0. The fraction of sp³-hybridized carbons (Fsp3) is 0.524. The fourth-order valence-corrected chi connectivity index (χ4v) is 3.47. The van der Waals surface area contributed by atoms with Crippen LogP contribution in [-0.4, -0.2) is 35.5 Å². The monoisotopic (exact) mass is 387 g/mol. The minimum atomic E-state index is 0.519. The number of benzene rings is 1. The van der Waals surface area contributed by atoms with Gasteiger partial charge in [-0.1, -0.05) is 24.3 Å². The zero-order valence-corrected chi connectivity index (χ0v) is 18.3. The average molecular weight is 388 g/mol. The van der Waals surface area contributed by atoms with Gasteiger partial charge in [-0.3, -0.25) is 4.90 Å². The molecule has 2 rings (SSSR count). The predicted octanol–water partition coefficient (Wildman–Crippen LogP) is 3.86. The Bertz CT molecular complexity index is 731. The Balaban J connectivity index is 2.05. The molecule has 1 aromatic carbocycles. The van der Waals surface area contributed by atoms with Crippen LogP contribution in [0.2, 0.25) is 0 Å². The van der Waals surface area contributed by atoms with Gasteiger partial charge in [0.1, 0.15) is 5.01 Å². The molecule has 0 aliphatic heterocycles. The number of hydrogen-bond acceptors (Lipinski definition) is 4. The first kappa shape index (κ1) is 21.4. The summed E-state index contributed by atoms with van der Waals surface area (Å²) in [6, 6.07) is 9.08. The van der Waals surface area contributed by atoms with Crippen molar-refractivity contribution in [2.24, 2.45) is 4.99 Å². The van der Waals surface area contributed by atoms with E-state index in [9.17, 15) is 0 Å². The third kappa shape index (κ3) is 6.63. The Kier molecular flexibility index (Phi) is 8.25. The van der Waals surface area contributed by atoms with Crippen LogP contribution in [0.1, 0.15) is 47.5 Å². The highest BCUT2D eigenvalue weighted by Gasteiger charge is 2.09. The zero-order chi connectivity index (χ0) is 19.8. The van der Waals surface area contributed by atoms with Gasteiger partial charge in [-0.25, -0.2) is 9.98 Å². The van der Waals surface area contributed by atoms with Crippen molar-refractivity contribution in [2.45, 2.75) is 60.3 Å². The van der Waals surface area contributed by atoms with Gasteiger partial charge >= 0.3 is 0 Å². The summed E-state index contributed by atoms with van der Waals surface area (Å²) in [6.45, 7) is 13.8. The van der Waals surface area contributed by atoms with Crippen molar-refractivity contribution < 1.29 is 0 Å². The van der Waals surface area contributed by atoms with E-state index in [0.717, 1.165) is 29.8 Å². The van der Waals surface area contributed by atoms with E-state index in [1.165, 1.54) is 16.0 Å². The summed E-state index contributed by atoms with van der Waals surface area (Å²) in [7, 11) is 2.16. The van der Waals surface area contributed by atoms with Crippen LogP contribution in [0.4, 0.5) is 0 Å². The molecule has 5 nitrogen and oxygen atoms in total. The number of thiazole rings is 1. The van der Waals surface area contributed by atoms with Gasteiger partial charge in [-0.05, 0) is 52.8 Å². The molecule has 0 fully saturated rings. The molecule has 0 saturated carbocycles. The molecule has 2 aromatic rings. The fourth-order valence-electron chi connectivity index (χ4n) is 2.60. The van der Waals surface area contributed by atoms with Crippen molar-refractivity contribution in [3.05, 3.63) is 51.0 Å². The Morgan fingerprint density at radius 2 is 1.89 bits per heavy atom. The first-order chi connectivity index (χ1) is 12.9. The molecular formula is C21H33N5S. The maximum Gasteiger partial charge on any atom is 0.191 e. The molecule has 6 heteroatoms. The van der Waals surface area contributed by atoms with Gasteiger partial charge in [-0.2, -0.15) is 0 Å².